The fraction of sp³-hybridized carbons (Fsp3) is 0.917. The number of carbonyl (C=O) groups is 1. The van der Waals surface area contributed by atoms with Gasteiger partial charge in [-0.25, -0.2) is 0 Å². The number of hydrogen-bond donors (Lipinski definition) is 0. The second-order valence-corrected chi connectivity index (χ2v) is 6.50. The standard InChI is InChI=1S/C12H21BrO/c1-9(2)7-12(3)6-4-5-11(13)10(12)8-14/h8-11H,4-7H2,1-3H3. The molecule has 0 heterocycles. The summed E-state index contributed by atoms with van der Waals surface area (Å²) in [5, 5.41) is 0. The van der Waals surface area contributed by atoms with E-state index in [1.165, 1.54) is 25.5 Å². The summed E-state index contributed by atoms with van der Waals surface area (Å²) in [5.74, 6) is 0.888. The summed E-state index contributed by atoms with van der Waals surface area (Å²) in [6.07, 6.45) is 5.94. The van der Waals surface area contributed by atoms with Gasteiger partial charge in [0.2, 0.25) is 0 Å². The first-order valence-electron chi connectivity index (χ1n) is 5.59. The number of aldehydes is 1. The summed E-state index contributed by atoms with van der Waals surface area (Å²) in [6.45, 7) is 6.76. The Kier molecular flexibility index (Phi) is 4.17. The molecule has 82 valence electrons. The van der Waals surface area contributed by atoms with Crippen LogP contribution in [0, 0.1) is 17.3 Å². The van der Waals surface area contributed by atoms with Gasteiger partial charge in [0.15, 0.2) is 0 Å². The van der Waals surface area contributed by atoms with E-state index in [0.717, 1.165) is 6.42 Å². The van der Waals surface area contributed by atoms with Crippen LogP contribution in [0.5, 0.6) is 0 Å². The topological polar surface area (TPSA) is 17.1 Å². The fourth-order valence-corrected chi connectivity index (χ4v) is 3.99. The molecule has 1 aliphatic carbocycles. The second kappa shape index (κ2) is 4.78. The maximum Gasteiger partial charge on any atom is 0.124 e. The average Bonchev–Trinajstić information content (AvgIpc) is 2.02. The molecule has 0 spiro atoms. The van der Waals surface area contributed by atoms with Crippen LogP contribution < -0.4 is 0 Å². The number of rotatable bonds is 3. The van der Waals surface area contributed by atoms with Crippen molar-refractivity contribution in [2.75, 3.05) is 0 Å². The van der Waals surface area contributed by atoms with E-state index in [1.807, 2.05) is 0 Å². The van der Waals surface area contributed by atoms with Gasteiger partial charge in [-0.15, -0.1) is 0 Å². The Hall–Kier alpha value is 0.150. The minimum Gasteiger partial charge on any atom is -0.303 e. The van der Waals surface area contributed by atoms with Crippen molar-refractivity contribution in [3.05, 3.63) is 0 Å². The highest BCUT2D eigenvalue weighted by molar-refractivity contribution is 9.09. The lowest BCUT2D eigenvalue weighted by Crippen LogP contribution is -2.39. The first-order valence-corrected chi connectivity index (χ1v) is 6.50. The molecule has 1 rings (SSSR count). The van der Waals surface area contributed by atoms with E-state index in [2.05, 4.69) is 36.7 Å². The molecular weight excluding hydrogens is 240 g/mol. The van der Waals surface area contributed by atoms with Gasteiger partial charge in [-0.3, -0.25) is 0 Å². The number of carbonyl (C=O) groups excluding carboxylic acids is 1. The van der Waals surface area contributed by atoms with Crippen LogP contribution in [-0.2, 0) is 4.79 Å². The molecule has 0 aliphatic heterocycles. The zero-order chi connectivity index (χ0) is 10.8. The molecule has 0 aromatic rings. The van der Waals surface area contributed by atoms with E-state index in [4.69, 9.17) is 0 Å². The molecule has 0 bridgehead atoms. The van der Waals surface area contributed by atoms with Crippen LogP contribution in [0.3, 0.4) is 0 Å². The highest BCUT2D eigenvalue weighted by Gasteiger charge is 2.41. The molecule has 0 amide bonds. The lowest BCUT2D eigenvalue weighted by molar-refractivity contribution is -0.116. The van der Waals surface area contributed by atoms with Crippen LogP contribution in [-0.4, -0.2) is 11.1 Å². The lowest BCUT2D eigenvalue weighted by Gasteiger charge is -2.42. The van der Waals surface area contributed by atoms with E-state index >= 15 is 0 Å². The molecule has 1 fully saturated rings. The molecule has 1 saturated carbocycles. The Bertz CT molecular complexity index is 202. The monoisotopic (exact) mass is 260 g/mol. The minimum atomic E-state index is 0.207. The fourth-order valence-electron chi connectivity index (χ4n) is 2.90. The molecule has 1 nitrogen and oxygen atoms in total. The Morgan fingerprint density at radius 2 is 2.21 bits per heavy atom. The number of halogens is 1. The van der Waals surface area contributed by atoms with Gasteiger partial charge in [0.05, 0.1) is 0 Å². The van der Waals surface area contributed by atoms with Crippen LogP contribution >= 0.6 is 15.9 Å². The number of alkyl halides is 1. The minimum absolute atomic E-state index is 0.207. The summed E-state index contributed by atoms with van der Waals surface area (Å²) >= 11 is 3.65. The first kappa shape index (κ1) is 12.2. The van der Waals surface area contributed by atoms with E-state index in [9.17, 15) is 4.79 Å². The molecule has 14 heavy (non-hydrogen) atoms. The predicted molar refractivity (Wildman–Crippen MR) is 63.7 cm³/mol. The molecular formula is C12H21BrO. The van der Waals surface area contributed by atoms with Gasteiger partial charge < -0.3 is 4.79 Å². The van der Waals surface area contributed by atoms with Crippen molar-refractivity contribution < 1.29 is 4.79 Å². The average molecular weight is 261 g/mol. The lowest BCUT2D eigenvalue weighted by atomic mass is 9.64. The number of hydrogen-bond acceptors (Lipinski definition) is 1. The Morgan fingerprint density at radius 3 is 2.71 bits per heavy atom. The van der Waals surface area contributed by atoms with Crippen molar-refractivity contribution >= 4 is 22.2 Å². The molecule has 0 radical (unpaired) electrons. The maximum absolute atomic E-state index is 11.1. The molecule has 0 saturated heterocycles. The predicted octanol–water partition coefficient (Wildman–Crippen LogP) is 3.80. The van der Waals surface area contributed by atoms with Crippen molar-refractivity contribution in [2.45, 2.75) is 51.3 Å². The van der Waals surface area contributed by atoms with Gasteiger partial charge in [-0.1, -0.05) is 43.1 Å². The van der Waals surface area contributed by atoms with Crippen molar-refractivity contribution in [3.63, 3.8) is 0 Å². The maximum atomic E-state index is 11.1. The summed E-state index contributed by atoms with van der Waals surface area (Å²) < 4.78 is 0. The van der Waals surface area contributed by atoms with Crippen molar-refractivity contribution in [2.24, 2.45) is 17.3 Å². The summed E-state index contributed by atoms with van der Waals surface area (Å²) in [6, 6.07) is 0. The van der Waals surface area contributed by atoms with E-state index < -0.39 is 0 Å². The largest absolute Gasteiger partial charge is 0.303 e. The van der Waals surface area contributed by atoms with Crippen molar-refractivity contribution in [1.82, 2.24) is 0 Å². The molecule has 0 N–H and O–H groups in total. The molecule has 1 aliphatic rings. The van der Waals surface area contributed by atoms with Gasteiger partial charge in [-0.2, -0.15) is 0 Å². The van der Waals surface area contributed by atoms with Gasteiger partial charge in [-0.05, 0) is 30.6 Å². The highest BCUT2D eigenvalue weighted by atomic mass is 79.9. The molecule has 3 atom stereocenters. The zero-order valence-electron chi connectivity index (χ0n) is 9.42. The smallest absolute Gasteiger partial charge is 0.124 e. The molecule has 3 unspecified atom stereocenters. The molecule has 0 aromatic heterocycles. The molecule has 0 aromatic carbocycles. The van der Waals surface area contributed by atoms with Gasteiger partial charge in [0, 0.05) is 10.7 Å². The summed E-state index contributed by atoms with van der Waals surface area (Å²) in [4.78, 5) is 11.5. The van der Waals surface area contributed by atoms with Gasteiger partial charge >= 0.3 is 0 Å². The third-order valence-electron chi connectivity index (χ3n) is 3.44. The van der Waals surface area contributed by atoms with E-state index in [0.29, 0.717) is 10.7 Å². The van der Waals surface area contributed by atoms with Gasteiger partial charge in [0.1, 0.15) is 6.29 Å². The van der Waals surface area contributed by atoms with Crippen LogP contribution in [0.15, 0.2) is 0 Å². The zero-order valence-corrected chi connectivity index (χ0v) is 11.0. The van der Waals surface area contributed by atoms with Crippen molar-refractivity contribution in [3.8, 4) is 0 Å². The normalized spacial score (nSPS) is 38.6. The molecule has 2 heteroatoms. The van der Waals surface area contributed by atoms with E-state index in [1.54, 1.807) is 0 Å². The Morgan fingerprint density at radius 1 is 1.57 bits per heavy atom. The van der Waals surface area contributed by atoms with Gasteiger partial charge in [0.25, 0.3) is 0 Å². The van der Waals surface area contributed by atoms with Crippen LogP contribution in [0.2, 0.25) is 0 Å². The third kappa shape index (κ3) is 2.59. The first-order chi connectivity index (χ1) is 6.49. The summed E-state index contributed by atoms with van der Waals surface area (Å²) in [5.41, 5.74) is 0.225. The van der Waals surface area contributed by atoms with E-state index in [-0.39, 0.29) is 11.3 Å². The van der Waals surface area contributed by atoms with Crippen LogP contribution in [0.4, 0.5) is 0 Å². The third-order valence-corrected chi connectivity index (χ3v) is 4.47. The SMILES string of the molecule is CC(C)CC1(C)CCCC(Br)C1C=O. The second-order valence-electron chi connectivity index (χ2n) is 5.32. The Balaban J connectivity index is 2.76. The summed E-state index contributed by atoms with van der Waals surface area (Å²) in [7, 11) is 0. The van der Waals surface area contributed by atoms with Crippen LogP contribution in [0.1, 0.15) is 46.5 Å². The quantitative estimate of drug-likeness (QED) is 0.558. The highest BCUT2D eigenvalue weighted by Crippen LogP contribution is 2.46. The van der Waals surface area contributed by atoms with Crippen LogP contribution in [0.25, 0.3) is 0 Å². The van der Waals surface area contributed by atoms with Crippen molar-refractivity contribution in [1.29, 1.82) is 0 Å². The Labute approximate surface area is 95.8 Å².